The summed E-state index contributed by atoms with van der Waals surface area (Å²) in [5.74, 6) is 0.158. The van der Waals surface area contributed by atoms with E-state index in [2.05, 4.69) is 36.5 Å². The molecule has 1 aromatic carbocycles. The standard InChI is InChI=1S/C21H15BrF3N5O3S/c1-32-14-5-6-15(33-2)19(22)11(14)10-26-28-20(31)13-9-18-27-12(16-4-3-7-34-16)8-17(21(23,24)25)30(18)29-13/h3-10H,1-2H3,(H,28,31)/b26-10-. The van der Waals surface area contributed by atoms with Gasteiger partial charge in [-0.05, 0) is 45.6 Å². The normalized spacial score (nSPS) is 11.8. The lowest BCUT2D eigenvalue weighted by atomic mass is 10.2. The number of thiophene rings is 1. The molecule has 3 heterocycles. The largest absolute Gasteiger partial charge is 0.496 e. The fraction of sp³-hybridized carbons (Fsp3) is 0.143. The van der Waals surface area contributed by atoms with Crippen LogP contribution in [0.4, 0.5) is 13.2 Å². The van der Waals surface area contributed by atoms with Gasteiger partial charge in [0.15, 0.2) is 17.0 Å². The van der Waals surface area contributed by atoms with Crippen molar-refractivity contribution < 1.29 is 27.4 Å². The van der Waals surface area contributed by atoms with Gasteiger partial charge < -0.3 is 9.47 Å². The molecule has 34 heavy (non-hydrogen) atoms. The average Bonchev–Trinajstić information content (AvgIpc) is 3.48. The van der Waals surface area contributed by atoms with Gasteiger partial charge >= 0.3 is 6.18 Å². The minimum absolute atomic E-state index is 0.121. The van der Waals surface area contributed by atoms with E-state index in [1.165, 1.54) is 37.8 Å². The first-order valence-electron chi connectivity index (χ1n) is 9.48. The zero-order valence-electron chi connectivity index (χ0n) is 17.6. The number of rotatable bonds is 6. The molecule has 8 nitrogen and oxygen atoms in total. The van der Waals surface area contributed by atoms with E-state index >= 15 is 0 Å². The maximum absolute atomic E-state index is 13.7. The number of halogens is 4. The van der Waals surface area contributed by atoms with Crippen molar-refractivity contribution in [3.8, 4) is 22.1 Å². The van der Waals surface area contributed by atoms with Crippen molar-refractivity contribution in [2.45, 2.75) is 6.18 Å². The van der Waals surface area contributed by atoms with Crippen LogP contribution in [0.25, 0.3) is 16.2 Å². The van der Waals surface area contributed by atoms with Gasteiger partial charge in [0, 0.05) is 6.07 Å². The van der Waals surface area contributed by atoms with Gasteiger partial charge in [-0.3, -0.25) is 4.79 Å². The Bertz CT molecular complexity index is 1390. The number of methoxy groups -OCH3 is 2. The summed E-state index contributed by atoms with van der Waals surface area (Å²) in [6.45, 7) is 0. The van der Waals surface area contributed by atoms with Crippen molar-refractivity contribution in [1.29, 1.82) is 0 Å². The number of carbonyl (C=O) groups excluding carboxylic acids is 1. The van der Waals surface area contributed by atoms with Crippen molar-refractivity contribution in [3.63, 3.8) is 0 Å². The number of hydrogen-bond acceptors (Lipinski definition) is 7. The van der Waals surface area contributed by atoms with Crippen molar-refractivity contribution in [2.75, 3.05) is 14.2 Å². The maximum atomic E-state index is 13.7. The van der Waals surface area contributed by atoms with E-state index in [0.29, 0.717) is 30.9 Å². The molecule has 0 saturated carbocycles. The number of nitrogens with one attached hydrogen (secondary N) is 1. The Labute approximate surface area is 203 Å². The summed E-state index contributed by atoms with van der Waals surface area (Å²) in [6.07, 6.45) is -3.40. The highest BCUT2D eigenvalue weighted by Crippen LogP contribution is 2.34. The topological polar surface area (TPSA) is 90.1 Å². The molecule has 0 radical (unpaired) electrons. The van der Waals surface area contributed by atoms with E-state index < -0.39 is 17.8 Å². The summed E-state index contributed by atoms with van der Waals surface area (Å²) in [7, 11) is 2.96. The minimum atomic E-state index is -4.71. The average molecular weight is 554 g/mol. The van der Waals surface area contributed by atoms with Crippen LogP contribution in [0.15, 0.2) is 51.4 Å². The number of hydrazone groups is 1. The fourth-order valence-corrected chi connectivity index (χ4v) is 4.34. The molecule has 4 rings (SSSR count). The Morgan fingerprint density at radius 3 is 2.59 bits per heavy atom. The number of aromatic nitrogens is 3. The first kappa shape index (κ1) is 23.7. The molecule has 0 bridgehead atoms. The third-order valence-corrected chi connectivity index (χ3v) is 6.34. The highest BCUT2D eigenvalue weighted by Gasteiger charge is 2.35. The van der Waals surface area contributed by atoms with E-state index in [1.54, 1.807) is 29.6 Å². The Morgan fingerprint density at radius 2 is 1.94 bits per heavy atom. The van der Waals surface area contributed by atoms with Gasteiger partial charge in [0.1, 0.15) is 11.5 Å². The third-order valence-electron chi connectivity index (χ3n) is 4.63. The predicted octanol–water partition coefficient (Wildman–Crippen LogP) is 5.02. The van der Waals surface area contributed by atoms with Crippen molar-refractivity contribution in [1.82, 2.24) is 20.0 Å². The van der Waals surface area contributed by atoms with Crippen LogP contribution in [0.3, 0.4) is 0 Å². The second-order valence-electron chi connectivity index (χ2n) is 6.70. The quantitative estimate of drug-likeness (QED) is 0.267. The Kier molecular flexibility index (Phi) is 6.57. The molecule has 0 fully saturated rings. The third kappa shape index (κ3) is 4.61. The molecule has 4 aromatic rings. The number of alkyl halides is 3. The van der Waals surface area contributed by atoms with Crippen LogP contribution in [0.5, 0.6) is 11.5 Å². The Hall–Kier alpha value is -3.45. The Balaban J connectivity index is 1.65. The van der Waals surface area contributed by atoms with Crippen LogP contribution in [-0.2, 0) is 6.18 Å². The van der Waals surface area contributed by atoms with Gasteiger partial charge in [-0.25, -0.2) is 14.9 Å². The zero-order valence-corrected chi connectivity index (χ0v) is 20.0. The molecule has 0 spiro atoms. The van der Waals surface area contributed by atoms with Gasteiger partial charge in [0.05, 0.1) is 41.0 Å². The first-order valence-corrected chi connectivity index (χ1v) is 11.2. The summed E-state index contributed by atoms with van der Waals surface area (Å²) < 4.78 is 52.7. The number of fused-ring (bicyclic) bond motifs is 1. The summed E-state index contributed by atoms with van der Waals surface area (Å²) in [4.78, 5) is 17.4. The van der Waals surface area contributed by atoms with Gasteiger partial charge in [-0.15, -0.1) is 11.3 Å². The number of hydrogen-bond donors (Lipinski definition) is 1. The fourth-order valence-electron chi connectivity index (χ4n) is 3.06. The van der Waals surface area contributed by atoms with Gasteiger partial charge in [-0.1, -0.05) is 6.07 Å². The monoisotopic (exact) mass is 553 g/mol. The van der Waals surface area contributed by atoms with Crippen LogP contribution in [0, 0.1) is 0 Å². The van der Waals surface area contributed by atoms with Gasteiger partial charge in [-0.2, -0.15) is 23.4 Å². The summed E-state index contributed by atoms with van der Waals surface area (Å²) in [5, 5.41) is 9.42. The molecule has 0 aliphatic heterocycles. The number of ether oxygens (including phenoxy) is 2. The van der Waals surface area contributed by atoms with E-state index in [4.69, 9.17) is 9.47 Å². The lowest BCUT2D eigenvalue weighted by Crippen LogP contribution is -2.19. The summed E-state index contributed by atoms with van der Waals surface area (Å²) in [5.41, 5.74) is 1.42. The van der Waals surface area contributed by atoms with Gasteiger partial charge in [0.2, 0.25) is 0 Å². The van der Waals surface area contributed by atoms with Crippen LogP contribution in [0.1, 0.15) is 21.7 Å². The predicted molar refractivity (Wildman–Crippen MR) is 124 cm³/mol. The molecule has 176 valence electrons. The first-order chi connectivity index (χ1) is 16.2. The van der Waals surface area contributed by atoms with Crippen LogP contribution in [-0.4, -0.2) is 40.9 Å². The molecule has 0 aliphatic carbocycles. The zero-order chi connectivity index (χ0) is 24.5. The van der Waals surface area contributed by atoms with Gasteiger partial charge in [0.25, 0.3) is 5.91 Å². The number of benzene rings is 1. The number of carbonyl (C=O) groups is 1. The van der Waals surface area contributed by atoms with E-state index in [9.17, 15) is 18.0 Å². The minimum Gasteiger partial charge on any atom is -0.496 e. The summed E-state index contributed by atoms with van der Waals surface area (Å²) >= 11 is 4.63. The van der Waals surface area contributed by atoms with E-state index in [-0.39, 0.29) is 17.0 Å². The second-order valence-corrected chi connectivity index (χ2v) is 8.44. The molecule has 0 atom stereocenters. The highest BCUT2D eigenvalue weighted by molar-refractivity contribution is 9.10. The summed E-state index contributed by atoms with van der Waals surface area (Å²) in [6, 6.07) is 8.78. The smallest absolute Gasteiger partial charge is 0.433 e. The number of amides is 1. The Morgan fingerprint density at radius 1 is 1.21 bits per heavy atom. The van der Waals surface area contributed by atoms with Crippen molar-refractivity contribution in [3.05, 3.63) is 63.2 Å². The maximum Gasteiger partial charge on any atom is 0.433 e. The molecule has 1 amide bonds. The van der Waals surface area contributed by atoms with Crippen molar-refractivity contribution in [2.24, 2.45) is 5.10 Å². The lowest BCUT2D eigenvalue weighted by molar-refractivity contribution is -0.142. The molecule has 13 heteroatoms. The number of nitrogens with zero attached hydrogens (tertiary/aromatic N) is 4. The molecular weight excluding hydrogens is 539 g/mol. The molecule has 0 saturated heterocycles. The molecule has 0 unspecified atom stereocenters. The molecular formula is C21H15BrF3N5O3S. The van der Waals surface area contributed by atoms with Crippen molar-refractivity contribution >= 4 is 45.0 Å². The van der Waals surface area contributed by atoms with E-state index in [0.717, 1.165) is 6.07 Å². The van der Waals surface area contributed by atoms with E-state index in [1.807, 2.05) is 0 Å². The second kappa shape index (κ2) is 9.43. The molecule has 3 aromatic heterocycles. The highest BCUT2D eigenvalue weighted by atomic mass is 79.9. The van der Waals surface area contributed by atoms with Crippen LogP contribution >= 0.6 is 27.3 Å². The lowest BCUT2D eigenvalue weighted by Gasteiger charge is -2.10. The molecule has 1 N–H and O–H groups in total. The SMILES string of the molecule is COc1ccc(OC)c(/C=N\NC(=O)c2cc3nc(-c4cccs4)cc(C(F)(F)F)n3n2)c1Br. The molecule has 0 aliphatic rings. The van der Waals surface area contributed by atoms with Crippen LogP contribution < -0.4 is 14.9 Å². The van der Waals surface area contributed by atoms with Crippen LogP contribution in [0.2, 0.25) is 0 Å².